The maximum atomic E-state index is 12.6. The molecule has 2 unspecified atom stereocenters. The molecule has 0 saturated carbocycles. The van der Waals surface area contributed by atoms with Crippen LogP contribution in [0.15, 0.2) is 67.0 Å². The molecule has 2 fully saturated rings. The van der Waals surface area contributed by atoms with Crippen LogP contribution in [-0.4, -0.2) is 97.6 Å². The van der Waals surface area contributed by atoms with E-state index in [9.17, 15) is 15.0 Å². The second-order valence-corrected chi connectivity index (χ2v) is 11.2. The van der Waals surface area contributed by atoms with Crippen LogP contribution in [0.1, 0.15) is 44.9 Å². The molecule has 0 bridgehead atoms. The summed E-state index contributed by atoms with van der Waals surface area (Å²) < 4.78 is 14.7. The average Bonchev–Trinajstić information content (AvgIpc) is 3.78. The number of aromatic nitrogens is 4. The van der Waals surface area contributed by atoms with Gasteiger partial charge in [0.2, 0.25) is 5.95 Å². The van der Waals surface area contributed by atoms with E-state index in [-0.39, 0.29) is 25.4 Å². The van der Waals surface area contributed by atoms with E-state index in [2.05, 4.69) is 57.0 Å². The summed E-state index contributed by atoms with van der Waals surface area (Å²) in [4.78, 5) is 29.2. The van der Waals surface area contributed by atoms with Crippen LogP contribution in [0, 0.1) is 0 Å². The SMILES string of the molecule is [2H]CCNC(=O)[C@H]1OC(n2cnc3c(NCC(c4ccccc4)c4ccccc4)nc(NC4CCN(CC)C4)nc32)[C@H](O)[C@@H]1O. The number of fused-ring (bicyclic) bond motifs is 1. The summed E-state index contributed by atoms with van der Waals surface area (Å²) in [5, 5.41) is 31.2. The number of anilines is 2. The maximum Gasteiger partial charge on any atom is 0.252 e. The number of aliphatic hydroxyl groups is 2. The minimum absolute atomic E-state index is 0.0123. The smallest absolute Gasteiger partial charge is 0.252 e. The maximum absolute atomic E-state index is 12.6. The predicted octanol–water partition coefficient (Wildman–Crippen LogP) is 2.33. The van der Waals surface area contributed by atoms with Gasteiger partial charge >= 0.3 is 0 Å². The molecule has 5 atom stereocenters. The van der Waals surface area contributed by atoms with Crippen molar-refractivity contribution in [3.63, 3.8) is 0 Å². The zero-order valence-electron chi connectivity index (χ0n) is 25.7. The first-order valence-electron chi connectivity index (χ1n) is 15.8. The van der Waals surface area contributed by atoms with Gasteiger partial charge in [-0.2, -0.15) is 9.97 Å². The van der Waals surface area contributed by atoms with Gasteiger partial charge in [-0.25, -0.2) is 4.98 Å². The molecule has 0 radical (unpaired) electrons. The lowest BCUT2D eigenvalue weighted by Gasteiger charge is -2.21. The van der Waals surface area contributed by atoms with Gasteiger partial charge in [-0.05, 0) is 31.0 Å². The molecule has 5 N–H and O–H groups in total. The second kappa shape index (κ2) is 13.3. The van der Waals surface area contributed by atoms with Gasteiger partial charge in [0.15, 0.2) is 29.3 Å². The van der Waals surface area contributed by atoms with E-state index in [1.165, 1.54) is 10.9 Å². The highest BCUT2D eigenvalue weighted by atomic mass is 16.6. The number of amides is 1. The first-order valence-corrected chi connectivity index (χ1v) is 15.1. The van der Waals surface area contributed by atoms with Crippen LogP contribution in [-0.2, 0) is 9.53 Å². The number of hydrogen-bond donors (Lipinski definition) is 5. The van der Waals surface area contributed by atoms with Crippen LogP contribution in [0.25, 0.3) is 11.2 Å². The van der Waals surface area contributed by atoms with Crippen LogP contribution in [0.4, 0.5) is 11.8 Å². The van der Waals surface area contributed by atoms with Crippen molar-refractivity contribution in [3.8, 4) is 0 Å². The van der Waals surface area contributed by atoms with Gasteiger partial charge in [0.05, 0.1) is 6.33 Å². The molecule has 6 rings (SSSR count). The Balaban J connectivity index is 1.33. The van der Waals surface area contributed by atoms with Gasteiger partial charge in [0.1, 0.15) is 12.2 Å². The number of likely N-dealkylation sites (tertiary alicyclic amines) is 1. The molecule has 44 heavy (non-hydrogen) atoms. The van der Waals surface area contributed by atoms with Crippen molar-refractivity contribution >= 4 is 28.8 Å². The van der Waals surface area contributed by atoms with Crippen LogP contribution >= 0.6 is 0 Å². The topological polar surface area (TPSA) is 150 Å². The van der Waals surface area contributed by atoms with Crippen LogP contribution < -0.4 is 16.0 Å². The Labute approximate surface area is 257 Å². The molecule has 2 aliphatic heterocycles. The fraction of sp³-hybridized carbons (Fsp3) is 0.438. The van der Waals surface area contributed by atoms with Crippen molar-refractivity contribution in [1.29, 1.82) is 0 Å². The molecular formula is C32H40N8O4. The molecule has 1 amide bonds. The van der Waals surface area contributed by atoms with Crippen LogP contribution in [0.3, 0.4) is 0 Å². The number of aliphatic hydroxyl groups excluding tert-OH is 2. The highest BCUT2D eigenvalue weighted by Gasteiger charge is 2.47. The summed E-state index contributed by atoms with van der Waals surface area (Å²) in [6, 6.07) is 20.7. The molecule has 0 spiro atoms. The molecule has 232 valence electrons. The third-order valence-corrected chi connectivity index (χ3v) is 8.42. The van der Waals surface area contributed by atoms with E-state index in [1.54, 1.807) is 0 Å². The Morgan fingerprint density at radius 3 is 2.48 bits per heavy atom. The van der Waals surface area contributed by atoms with Crippen LogP contribution in [0.2, 0.25) is 0 Å². The largest absolute Gasteiger partial charge is 0.387 e. The number of ether oxygens (including phenoxy) is 1. The second-order valence-electron chi connectivity index (χ2n) is 11.2. The van der Waals surface area contributed by atoms with Gasteiger partial charge in [-0.1, -0.05) is 67.6 Å². The Morgan fingerprint density at radius 2 is 1.82 bits per heavy atom. The van der Waals surface area contributed by atoms with E-state index in [0.29, 0.717) is 29.5 Å². The number of likely N-dealkylation sites (N-methyl/N-ethyl adjacent to an activating group) is 2. The van der Waals surface area contributed by atoms with Crippen molar-refractivity contribution in [2.45, 2.75) is 56.7 Å². The number of nitrogens with zero attached hydrogens (tertiary/aromatic N) is 5. The molecule has 2 saturated heterocycles. The normalized spacial score (nSPS) is 24.1. The molecule has 2 aromatic heterocycles. The quantitative estimate of drug-likeness (QED) is 0.173. The number of carbonyl (C=O) groups excluding carboxylic acids is 1. The van der Waals surface area contributed by atoms with E-state index >= 15 is 0 Å². The highest BCUT2D eigenvalue weighted by Crippen LogP contribution is 2.34. The summed E-state index contributed by atoms with van der Waals surface area (Å²) in [5.74, 6) is 0.362. The summed E-state index contributed by atoms with van der Waals surface area (Å²) in [7, 11) is 0. The molecule has 0 aliphatic carbocycles. The number of rotatable bonds is 11. The van der Waals surface area contributed by atoms with Crippen molar-refractivity contribution in [2.75, 3.05) is 43.4 Å². The van der Waals surface area contributed by atoms with Crippen LogP contribution in [0.5, 0.6) is 0 Å². The lowest BCUT2D eigenvalue weighted by molar-refractivity contribution is -0.137. The molecule has 4 heterocycles. The Hall–Kier alpha value is -4.10. The number of hydrogen-bond acceptors (Lipinski definition) is 10. The number of carbonyl (C=O) groups is 1. The third kappa shape index (κ3) is 6.11. The van der Waals surface area contributed by atoms with E-state index in [4.69, 9.17) is 16.1 Å². The van der Waals surface area contributed by atoms with Crippen molar-refractivity contribution in [1.82, 2.24) is 29.7 Å². The fourth-order valence-corrected chi connectivity index (χ4v) is 6.04. The molecule has 12 nitrogen and oxygen atoms in total. The summed E-state index contributed by atoms with van der Waals surface area (Å²) in [6.07, 6.45) is -2.86. The van der Waals surface area contributed by atoms with Crippen molar-refractivity contribution in [2.24, 2.45) is 0 Å². The van der Waals surface area contributed by atoms with Gasteiger partial charge in [-0.15, -0.1) is 0 Å². The minimum atomic E-state index is -1.47. The highest BCUT2D eigenvalue weighted by molar-refractivity contribution is 5.85. The third-order valence-electron chi connectivity index (χ3n) is 8.42. The zero-order chi connectivity index (χ0) is 31.3. The van der Waals surface area contributed by atoms with Gasteiger partial charge in [0, 0.05) is 39.5 Å². The fourth-order valence-electron chi connectivity index (χ4n) is 6.04. The molecule has 12 heteroatoms. The van der Waals surface area contributed by atoms with E-state index in [0.717, 1.165) is 37.2 Å². The monoisotopic (exact) mass is 601 g/mol. The molecule has 2 aromatic carbocycles. The number of imidazole rings is 1. The van der Waals surface area contributed by atoms with E-state index < -0.39 is 30.4 Å². The first kappa shape index (κ1) is 28.7. The molecule has 4 aromatic rings. The molecular weight excluding hydrogens is 560 g/mol. The summed E-state index contributed by atoms with van der Waals surface area (Å²) >= 11 is 0. The Bertz CT molecular complexity index is 1540. The zero-order valence-corrected chi connectivity index (χ0v) is 24.7. The van der Waals surface area contributed by atoms with Crippen molar-refractivity contribution < 1.29 is 21.1 Å². The van der Waals surface area contributed by atoms with Gasteiger partial charge in [0.25, 0.3) is 5.91 Å². The summed E-state index contributed by atoms with van der Waals surface area (Å²) in [5.41, 5.74) is 3.17. The van der Waals surface area contributed by atoms with E-state index in [1.807, 2.05) is 36.4 Å². The van der Waals surface area contributed by atoms with Gasteiger partial charge in [-0.3, -0.25) is 9.36 Å². The minimum Gasteiger partial charge on any atom is -0.387 e. The first-order chi connectivity index (χ1) is 22.0. The average molecular weight is 602 g/mol. The van der Waals surface area contributed by atoms with Gasteiger partial charge < -0.3 is 35.8 Å². The summed E-state index contributed by atoms with van der Waals surface area (Å²) in [6.45, 7) is 5.59. The predicted molar refractivity (Wildman–Crippen MR) is 167 cm³/mol. The lowest BCUT2D eigenvalue weighted by atomic mass is 9.91. The lowest BCUT2D eigenvalue weighted by Crippen LogP contribution is -2.42. The Kier molecular flexibility index (Phi) is 8.64. The standard InChI is InChI=1S/C32H40N8O4/c1-3-33-30(43)27-25(41)26(42)31(44-27)40-19-35-24-28(37-32(38-29(24)40)36-22-15-16-39(4-2)18-22)34-17-23(20-11-7-5-8-12-20)21-13-9-6-10-14-21/h5-14,19,22-23,25-27,31,41-42H,3-4,15-18H2,1-2H3,(H,33,43)(H2,34,36,37,38)/t22?,25-,26+,27-,31?/m0/s1/i1D. The Morgan fingerprint density at radius 1 is 1.09 bits per heavy atom. The molecule has 2 aliphatic rings. The number of benzene rings is 2. The van der Waals surface area contributed by atoms with Crippen molar-refractivity contribution in [3.05, 3.63) is 78.1 Å². The number of nitrogens with one attached hydrogen (secondary N) is 3.